The first-order valence-electron chi connectivity index (χ1n) is 5.86. The van der Waals surface area contributed by atoms with Crippen LogP contribution in [-0.2, 0) is 6.54 Å². The number of halogens is 3. The fraction of sp³-hybridized carbons (Fsp3) is 0.500. The van der Waals surface area contributed by atoms with Gasteiger partial charge >= 0.3 is 6.18 Å². The molecular formula is C12H13F3N2O2. The van der Waals surface area contributed by atoms with Gasteiger partial charge in [-0.1, -0.05) is 30.3 Å². The molecule has 0 N–H and O–H groups in total. The standard InChI is InChI=1S/C12H13F3N2O2/c13-12(14,15)11-6-10(17(18)19)8-16(11)7-9-4-2-1-3-5-9/h1-5,10-11H,6-8H2/t10-,11+/m1/s1. The van der Waals surface area contributed by atoms with E-state index in [1.807, 2.05) is 0 Å². The largest absolute Gasteiger partial charge is 0.404 e. The Kier molecular flexibility index (Phi) is 3.75. The molecule has 1 saturated heterocycles. The lowest BCUT2D eigenvalue weighted by Gasteiger charge is -2.25. The minimum Gasteiger partial charge on any atom is -0.281 e. The molecule has 4 nitrogen and oxygen atoms in total. The Morgan fingerprint density at radius 3 is 2.47 bits per heavy atom. The van der Waals surface area contributed by atoms with Crippen LogP contribution in [0.1, 0.15) is 12.0 Å². The molecule has 104 valence electrons. The number of likely N-dealkylation sites (tertiary alicyclic amines) is 1. The molecule has 1 fully saturated rings. The van der Waals surface area contributed by atoms with Crippen molar-refractivity contribution in [3.8, 4) is 0 Å². The molecule has 1 aromatic rings. The van der Waals surface area contributed by atoms with Crippen LogP contribution in [0.5, 0.6) is 0 Å². The first kappa shape index (κ1) is 13.8. The van der Waals surface area contributed by atoms with Crippen LogP contribution in [0.3, 0.4) is 0 Å². The summed E-state index contributed by atoms with van der Waals surface area (Å²) in [6.45, 7) is -0.0819. The third kappa shape index (κ3) is 3.23. The van der Waals surface area contributed by atoms with Crippen LogP contribution < -0.4 is 0 Å². The highest BCUT2D eigenvalue weighted by atomic mass is 19.4. The van der Waals surface area contributed by atoms with Crippen LogP contribution in [0.25, 0.3) is 0 Å². The molecule has 0 unspecified atom stereocenters. The molecule has 0 aliphatic carbocycles. The normalized spacial score (nSPS) is 24.6. The molecule has 0 radical (unpaired) electrons. The monoisotopic (exact) mass is 274 g/mol. The Morgan fingerprint density at radius 2 is 1.95 bits per heavy atom. The minimum absolute atomic E-state index is 0.0787. The molecule has 1 aromatic carbocycles. The topological polar surface area (TPSA) is 46.4 Å². The van der Waals surface area contributed by atoms with Gasteiger partial charge in [-0.25, -0.2) is 0 Å². The van der Waals surface area contributed by atoms with Crippen molar-refractivity contribution in [2.24, 2.45) is 0 Å². The number of nitrogens with zero attached hydrogens (tertiary/aromatic N) is 2. The molecule has 1 aliphatic heterocycles. The van der Waals surface area contributed by atoms with Crippen LogP contribution in [0.4, 0.5) is 13.2 Å². The zero-order valence-electron chi connectivity index (χ0n) is 10.0. The van der Waals surface area contributed by atoms with Gasteiger partial charge in [-0.2, -0.15) is 13.2 Å². The molecule has 0 amide bonds. The summed E-state index contributed by atoms with van der Waals surface area (Å²) in [6, 6.07) is 5.80. The molecule has 2 rings (SSSR count). The van der Waals surface area contributed by atoms with E-state index in [-0.39, 0.29) is 13.1 Å². The average Bonchev–Trinajstić information content (AvgIpc) is 2.74. The zero-order chi connectivity index (χ0) is 14.0. The van der Waals surface area contributed by atoms with Crippen LogP contribution in [-0.4, -0.2) is 34.6 Å². The molecule has 1 aliphatic rings. The van der Waals surface area contributed by atoms with E-state index in [0.717, 1.165) is 10.5 Å². The summed E-state index contributed by atoms with van der Waals surface area (Å²) in [4.78, 5) is 11.2. The SMILES string of the molecule is O=[N+]([O-])[C@@H]1C[C@@H](C(F)(F)F)N(Cc2ccccc2)C1. The van der Waals surface area contributed by atoms with E-state index in [1.165, 1.54) is 0 Å². The quantitative estimate of drug-likeness (QED) is 0.628. The van der Waals surface area contributed by atoms with E-state index in [4.69, 9.17) is 0 Å². The molecule has 1 heterocycles. The molecule has 2 atom stereocenters. The number of hydrogen-bond donors (Lipinski definition) is 0. The van der Waals surface area contributed by atoms with Crippen molar-refractivity contribution in [2.75, 3.05) is 6.54 Å². The van der Waals surface area contributed by atoms with Crippen molar-refractivity contribution < 1.29 is 18.1 Å². The first-order chi connectivity index (χ1) is 8.88. The fourth-order valence-electron chi connectivity index (χ4n) is 2.37. The summed E-state index contributed by atoms with van der Waals surface area (Å²) < 4.78 is 38.7. The van der Waals surface area contributed by atoms with Gasteiger partial charge in [0.2, 0.25) is 6.04 Å². The zero-order valence-corrected chi connectivity index (χ0v) is 10.0. The van der Waals surface area contributed by atoms with E-state index < -0.39 is 29.6 Å². The summed E-state index contributed by atoms with van der Waals surface area (Å²) in [6.07, 6.45) is -4.90. The van der Waals surface area contributed by atoms with E-state index in [9.17, 15) is 23.3 Å². The Morgan fingerprint density at radius 1 is 1.32 bits per heavy atom. The van der Waals surface area contributed by atoms with E-state index >= 15 is 0 Å². The summed E-state index contributed by atoms with van der Waals surface area (Å²) in [5, 5.41) is 10.7. The van der Waals surface area contributed by atoms with Gasteiger partial charge in [-0.05, 0) is 5.56 Å². The summed E-state index contributed by atoms with van der Waals surface area (Å²) in [7, 11) is 0. The van der Waals surface area contributed by atoms with Gasteiger partial charge < -0.3 is 0 Å². The van der Waals surface area contributed by atoms with Gasteiger partial charge in [0.05, 0.1) is 6.54 Å². The second kappa shape index (κ2) is 5.16. The van der Waals surface area contributed by atoms with Crippen LogP contribution >= 0.6 is 0 Å². The molecule has 0 saturated carbocycles. The second-order valence-electron chi connectivity index (χ2n) is 4.65. The van der Waals surface area contributed by atoms with E-state index in [2.05, 4.69) is 0 Å². The summed E-state index contributed by atoms with van der Waals surface area (Å²) in [5.74, 6) is 0. The van der Waals surface area contributed by atoms with Crippen molar-refractivity contribution >= 4 is 0 Å². The number of benzene rings is 1. The molecule has 7 heteroatoms. The minimum atomic E-state index is -4.43. The van der Waals surface area contributed by atoms with Gasteiger partial charge in [0.25, 0.3) is 0 Å². The van der Waals surface area contributed by atoms with E-state index in [1.54, 1.807) is 30.3 Å². The van der Waals surface area contributed by atoms with Crippen molar-refractivity contribution in [1.29, 1.82) is 0 Å². The second-order valence-corrected chi connectivity index (χ2v) is 4.65. The first-order valence-corrected chi connectivity index (χ1v) is 5.86. The van der Waals surface area contributed by atoms with Gasteiger partial charge in [0.1, 0.15) is 6.04 Å². The Labute approximate surface area is 108 Å². The lowest BCUT2D eigenvalue weighted by Crippen LogP contribution is -2.40. The van der Waals surface area contributed by atoms with Gasteiger partial charge in [-0.15, -0.1) is 0 Å². The Bertz CT molecular complexity index is 450. The van der Waals surface area contributed by atoms with E-state index in [0.29, 0.717) is 0 Å². The van der Waals surface area contributed by atoms with Gasteiger partial charge in [-0.3, -0.25) is 15.0 Å². The van der Waals surface area contributed by atoms with Gasteiger partial charge in [0.15, 0.2) is 0 Å². The fourth-order valence-corrected chi connectivity index (χ4v) is 2.37. The van der Waals surface area contributed by atoms with Crippen molar-refractivity contribution in [1.82, 2.24) is 4.90 Å². The average molecular weight is 274 g/mol. The van der Waals surface area contributed by atoms with Crippen LogP contribution in [0.15, 0.2) is 30.3 Å². The maximum Gasteiger partial charge on any atom is 0.404 e. The molecule has 0 bridgehead atoms. The third-order valence-electron chi connectivity index (χ3n) is 3.29. The highest BCUT2D eigenvalue weighted by Gasteiger charge is 2.52. The highest BCUT2D eigenvalue weighted by molar-refractivity contribution is 5.15. The van der Waals surface area contributed by atoms with Crippen LogP contribution in [0.2, 0.25) is 0 Å². The van der Waals surface area contributed by atoms with Crippen molar-refractivity contribution in [3.63, 3.8) is 0 Å². The number of nitro groups is 1. The van der Waals surface area contributed by atoms with Crippen molar-refractivity contribution in [2.45, 2.75) is 31.2 Å². The predicted molar refractivity (Wildman–Crippen MR) is 62.1 cm³/mol. The third-order valence-corrected chi connectivity index (χ3v) is 3.29. The molecular weight excluding hydrogens is 261 g/mol. The summed E-state index contributed by atoms with van der Waals surface area (Å²) >= 11 is 0. The Balaban J connectivity index is 2.14. The van der Waals surface area contributed by atoms with Crippen molar-refractivity contribution in [3.05, 3.63) is 46.0 Å². The lowest BCUT2D eigenvalue weighted by atomic mass is 10.1. The lowest BCUT2D eigenvalue weighted by molar-refractivity contribution is -0.518. The maximum atomic E-state index is 12.9. The molecule has 0 spiro atoms. The number of rotatable bonds is 3. The predicted octanol–water partition coefficient (Wildman–Crippen LogP) is 2.47. The maximum absolute atomic E-state index is 12.9. The Hall–Kier alpha value is -1.63. The molecule has 0 aromatic heterocycles. The highest BCUT2D eigenvalue weighted by Crippen LogP contribution is 2.34. The van der Waals surface area contributed by atoms with Gasteiger partial charge in [0, 0.05) is 17.9 Å². The summed E-state index contributed by atoms with van der Waals surface area (Å²) in [5.41, 5.74) is 0.723. The smallest absolute Gasteiger partial charge is 0.281 e. The number of hydrogen-bond acceptors (Lipinski definition) is 3. The molecule has 19 heavy (non-hydrogen) atoms. The van der Waals surface area contributed by atoms with Crippen LogP contribution in [0, 0.1) is 10.1 Å². The number of alkyl halides is 3.